The van der Waals surface area contributed by atoms with E-state index < -0.39 is 0 Å². The summed E-state index contributed by atoms with van der Waals surface area (Å²) in [4.78, 5) is 15.3. The molecule has 0 spiro atoms. The normalized spacial score (nSPS) is 12.1. The van der Waals surface area contributed by atoms with Crippen molar-refractivity contribution in [3.8, 4) is 0 Å². The molecule has 1 rings (SSSR count). The number of aliphatic hydroxyl groups excluding tert-OH is 1. The van der Waals surface area contributed by atoms with E-state index in [-0.39, 0.29) is 18.4 Å². The maximum absolute atomic E-state index is 11.4. The predicted molar refractivity (Wildman–Crippen MR) is 57.2 cm³/mol. The van der Waals surface area contributed by atoms with Crippen LogP contribution in [0.4, 0.5) is 0 Å². The van der Waals surface area contributed by atoms with E-state index in [9.17, 15) is 4.79 Å². The number of hydrogen-bond acceptors (Lipinski definition) is 3. The Morgan fingerprint density at radius 2 is 2.20 bits per heavy atom. The van der Waals surface area contributed by atoms with Crippen molar-refractivity contribution in [3.63, 3.8) is 0 Å². The highest BCUT2D eigenvalue weighted by Gasteiger charge is 2.05. The number of nitrogens with one attached hydrogen (secondary N) is 1. The lowest BCUT2D eigenvalue weighted by molar-refractivity contribution is -0.120. The summed E-state index contributed by atoms with van der Waals surface area (Å²) in [7, 11) is 0. The Bertz CT molecular complexity index is 301. The summed E-state index contributed by atoms with van der Waals surface area (Å²) in [5.74, 6) is 0.0768. The molecule has 2 N–H and O–H groups in total. The van der Waals surface area contributed by atoms with Crippen molar-refractivity contribution in [3.05, 3.63) is 30.1 Å². The Morgan fingerprint density at radius 3 is 2.80 bits per heavy atom. The minimum absolute atomic E-state index is 0.0264. The summed E-state index contributed by atoms with van der Waals surface area (Å²) in [5, 5.41) is 11.5. The number of aliphatic hydroxyl groups is 1. The fraction of sp³-hybridized carbons (Fsp3) is 0.455. The van der Waals surface area contributed by atoms with Gasteiger partial charge in [-0.1, -0.05) is 6.92 Å². The van der Waals surface area contributed by atoms with E-state index in [4.69, 9.17) is 5.11 Å². The molecular weight excluding hydrogens is 192 g/mol. The van der Waals surface area contributed by atoms with E-state index in [0.717, 1.165) is 5.56 Å². The maximum Gasteiger partial charge on any atom is 0.224 e. The first-order chi connectivity index (χ1) is 7.22. The largest absolute Gasteiger partial charge is 0.396 e. The molecule has 0 aliphatic carbocycles. The van der Waals surface area contributed by atoms with Gasteiger partial charge in [0.1, 0.15) is 0 Å². The Kier molecular flexibility index (Phi) is 4.77. The fourth-order valence-electron chi connectivity index (χ4n) is 1.10. The number of hydrogen-bond donors (Lipinski definition) is 2. The van der Waals surface area contributed by atoms with Crippen LogP contribution in [0.25, 0.3) is 0 Å². The minimum Gasteiger partial charge on any atom is -0.396 e. The van der Waals surface area contributed by atoms with Gasteiger partial charge in [-0.05, 0) is 23.6 Å². The van der Waals surface area contributed by atoms with Crippen molar-refractivity contribution >= 4 is 5.91 Å². The van der Waals surface area contributed by atoms with Crippen molar-refractivity contribution in [2.45, 2.75) is 13.3 Å². The van der Waals surface area contributed by atoms with Crippen LogP contribution in [-0.2, 0) is 11.2 Å². The quantitative estimate of drug-likeness (QED) is 0.735. The lowest BCUT2D eigenvalue weighted by Crippen LogP contribution is -2.30. The number of carbonyl (C=O) groups excluding carboxylic acids is 1. The highest BCUT2D eigenvalue weighted by Crippen LogP contribution is 1.97. The topological polar surface area (TPSA) is 62.2 Å². The lowest BCUT2D eigenvalue weighted by Gasteiger charge is -2.09. The molecule has 0 aliphatic rings. The minimum atomic E-state index is -0.0264. The molecule has 0 radical (unpaired) electrons. The molecule has 0 aliphatic heterocycles. The lowest BCUT2D eigenvalue weighted by atomic mass is 10.1. The van der Waals surface area contributed by atoms with Crippen molar-refractivity contribution in [1.82, 2.24) is 10.3 Å². The van der Waals surface area contributed by atoms with Gasteiger partial charge in [0.2, 0.25) is 5.91 Å². The standard InChI is InChI=1S/C11H16N2O2/c1-9(8-14)7-13-11(15)6-10-2-4-12-5-3-10/h2-5,9,14H,6-8H2,1H3,(H,13,15). The highest BCUT2D eigenvalue weighted by molar-refractivity contribution is 5.78. The number of pyridine rings is 1. The molecule has 1 aromatic heterocycles. The third kappa shape index (κ3) is 4.56. The first-order valence-corrected chi connectivity index (χ1v) is 4.99. The molecule has 1 amide bonds. The van der Waals surface area contributed by atoms with Crippen molar-refractivity contribution in [2.24, 2.45) is 5.92 Å². The second-order valence-corrected chi connectivity index (χ2v) is 3.62. The molecule has 1 unspecified atom stereocenters. The zero-order chi connectivity index (χ0) is 11.1. The average Bonchev–Trinajstić information content (AvgIpc) is 2.27. The average molecular weight is 208 g/mol. The molecule has 1 atom stereocenters. The highest BCUT2D eigenvalue weighted by atomic mass is 16.3. The smallest absolute Gasteiger partial charge is 0.224 e. The van der Waals surface area contributed by atoms with Gasteiger partial charge in [0.05, 0.1) is 6.42 Å². The number of rotatable bonds is 5. The van der Waals surface area contributed by atoms with Gasteiger partial charge < -0.3 is 10.4 Å². The van der Waals surface area contributed by atoms with Crippen molar-refractivity contribution < 1.29 is 9.90 Å². The molecule has 0 saturated carbocycles. The second-order valence-electron chi connectivity index (χ2n) is 3.62. The van der Waals surface area contributed by atoms with Crippen LogP contribution < -0.4 is 5.32 Å². The summed E-state index contributed by atoms with van der Waals surface area (Å²) >= 11 is 0. The molecule has 0 fully saturated rings. The molecule has 4 heteroatoms. The van der Waals surface area contributed by atoms with Gasteiger partial charge in [0.15, 0.2) is 0 Å². The van der Waals surface area contributed by atoms with Gasteiger partial charge in [-0.25, -0.2) is 0 Å². The van der Waals surface area contributed by atoms with E-state index in [0.29, 0.717) is 13.0 Å². The molecule has 0 aromatic carbocycles. The molecular formula is C11H16N2O2. The van der Waals surface area contributed by atoms with Gasteiger partial charge in [0.25, 0.3) is 0 Å². The van der Waals surface area contributed by atoms with E-state index in [1.54, 1.807) is 12.4 Å². The van der Waals surface area contributed by atoms with Crippen LogP contribution >= 0.6 is 0 Å². The maximum atomic E-state index is 11.4. The Hall–Kier alpha value is -1.42. The summed E-state index contributed by atoms with van der Waals surface area (Å²) in [6.45, 7) is 2.49. The Labute approximate surface area is 89.3 Å². The van der Waals surface area contributed by atoms with Crippen LogP contribution in [0, 0.1) is 5.92 Å². The SMILES string of the molecule is CC(CO)CNC(=O)Cc1ccncc1. The van der Waals surface area contributed by atoms with Crippen LogP contribution in [-0.4, -0.2) is 29.1 Å². The summed E-state index contributed by atoms with van der Waals surface area (Å²) in [5.41, 5.74) is 0.944. The summed E-state index contributed by atoms with van der Waals surface area (Å²) in [6, 6.07) is 3.63. The van der Waals surface area contributed by atoms with Crippen LogP contribution in [0.15, 0.2) is 24.5 Å². The third-order valence-electron chi connectivity index (χ3n) is 2.07. The van der Waals surface area contributed by atoms with Gasteiger partial charge in [-0.2, -0.15) is 0 Å². The number of nitrogens with zero attached hydrogens (tertiary/aromatic N) is 1. The van der Waals surface area contributed by atoms with Crippen molar-refractivity contribution in [2.75, 3.05) is 13.2 Å². The zero-order valence-electron chi connectivity index (χ0n) is 8.81. The van der Waals surface area contributed by atoms with E-state index >= 15 is 0 Å². The van der Waals surface area contributed by atoms with E-state index in [1.165, 1.54) is 0 Å². The van der Waals surface area contributed by atoms with Crippen LogP contribution in [0.3, 0.4) is 0 Å². The van der Waals surface area contributed by atoms with Gasteiger partial charge in [-0.3, -0.25) is 9.78 Å². The number of amides is 1. The van der Waals surface area contributed by atoms with Gasteiger partial charge in [0, 0.05) is 25.5 Å². The molecule has 0 saturated heterocycles. The third-order valence-corrected chi connectivity index (χ3v) is 2.07. The predicted octanol–water partition coefficient (Wildman–Crippen LogP) is 0.369. The van der Waals surface area contributed by atoms with Gasteiger partial charge >= 0.3 is 0 Å². The zero-order valence-corrected chi connectivity index (χ0v) is 8.81. The van der Waals surface area contributed by atoms with E-state index in [2.05, 4.69) is 10.3 Å². The second kappa shape index (κ2) is 6.14. The monoisotopic (exact) mass is 208 g/mol. The fourth-order valence-corrected chi connectivity index (χ4v) is 1.10. The molecule has 4 nitrogen and oxygen atoms in total. The van der Waals surface area contributed by atoms with Crippen LogP contribution in [0.1, 0.15) is 12.5 Å². The van der Waals surface area contributed by atoms with E-state index in [1.807, 2.05) is 19.1 Å². The molecule has 15 heavy (non-hydrogen) atoms. The Balaban J connectivity index is 2.31. The first kappa shape index (κ1) is 11.7. The first-order valence-electron chi connectivity index (χ1n) is 4.99. The van der Waals surface area contributed by atoms with Crippen LogP contribution in [0.5, 0.6) is 0 Å². The number of carbonyl (C=O) groups is 1. The van der Waals surface area contributed by atoms with Crippen molar-refractivity contribution in [1.29, 1.82) is 0 Å². The molecule has 82 valence electrons. The summed E-state index contributed by atoms with van der Waals surface area (Å²) in [6.07, 6.45) is 3.69. The molecule has 1 heterocycles. The van der Waals surface area contributed by atoms with Crippen LogP contribution in [0.2, 0.25) is 0 Å². The Morgan fingerprint density at radius 1 is 1.53 bits per heavy atom. The molecule has 1 aromatic rings. The summed E-state index contributed by atoms with van der Waals surface area (Å²) < 4.78 is 0. The van der Waals surface area contributed by atoms with Gasteiger partial charge in [-0.15, -0.1) is 0 Å². The number of aromatic nitrogens is 1. The molecule has 0 bridgehead atoms.